The summed E-state index contributed by atoms with van der Waals surface area (Å²) in [5.74, 6) is 1.62. The Hall–Kier alpha value is -2.89. The third kappa shape index (κ3) is 4.81. The van der Waals surface area contributed by atoms with Crippen molar-refractivity contribution in [3.05, 3.63) is 48.0 Å². The summed E-state index contributed by atoms with van der Waals surface area (Å²) >= 11 is 0. The van der Waals surface area contributed by atoms with Crippen LogP contribution in [0.25, 0.3) is 0 Å². The quantitative estimate of drug-likeness (QED) is 0.746. The van der Waals surface area contributed by atoms with Gasteiger partial charge in [-0.3, -0.25) is 4.79 Å². The standard InChI is InChI=1S/C20H26N2O4/c1-5-22(14-15-9-7-6-8-10-15)19(23)13-21-16-11-17(24-2)20(26-4)18(12-16)25-3/h6-12,21H,5,13-14H2,1-4H3. The topological polar surface area (TPSA) is 60.0 Å². The van der Waals surface area contributed by atoms with Crippen LogP contribution < -0.4 is 19.5 Å². The highest BCUT2D eigenvalue weighted by Gasteiger charge is 2.15. The molecule has 0 radical (unpaired) electrons. The zero-order valence-electron chi connectivity index (χ0n) is 15.7. The molecule has 0 aliphatic carbocycles. The van der Waals surface area contributed by atoms with Gasteiger partial charge in [0.1, 0.15) is 0 Å². The van der Waals surface area contributed by atoms with E-state index in [4.69, 9.17) is 14.2 Å². The van der Waals surface area contributed by atoms with Gasteiger partial charge >= 0.3 is 0 Å². The number of likely N-dealkylation sites (N-methyl/N-ethyl adjacent to an activating group) is 1. The summed E-state index contributed by atoms with van der Waals surface area (Å²) in [7, 11) is 4.68. The fourth-order valence-electron chi connectivity index (χ4n) is 2.65. The Kier molecular flexibility index (Phi) is 7.14. The average Bonchev–Trinajstić information content (AvgIpc) is 2.69. The molecular weight excluding hydrogens is 332 g/mol. The van der Waals surface area contributed by atoms with Crippen molar-refractivity contribution in [2.75, 3.05) is 39.7 Å². The van der Waals surface area contributed by atoms with Gasteiger partial charge in [-0.2, -0.15) is 0 Å². The summed E-state index contributed by atoms with van der Waals surface area (Å²) in [5.41, 5.74) is 1.83. The van der Waals surface area contributed by atoms with E-state index in [-0.39, 0.29) is 12.5 Å². The van der Waals surface area contributed by atoms with Crippen LogP contribution in [0.5, 0.6) is 17.2 Å². The molecular formula is C20H26N2O4. The number of carbonyl (C=O) groups is 1. The molecule has 0 atom stereocenters. The third-order valence-corrected chi connectivity index (χ3v) is 4.06. The summed E-state index contributed by atoms with van der Waals surface area (Å²) in [6.45, 7) is 3.39. The second kappa shape index (κ2) is 9.56. The number of anilines is 1. The molecule has 0 aliphatic rings. The highest BCUT2D eigenvalue weighted by atomic mass is 16.5. The molecule has 0 fully saturated rings. The highest BCUT2D eigenvalue weighted by Crippen LogP contribution is 2.39. The van der Waals surface area contributed by atoms with Crippen molar-refractivity contribution in [3.63, 3.8) is 0 Å². The van der Waals surface area contributed by atoms with Gasteiger partial charge in [-0.25, -0.2) is 0 Å². The number of nitrogens with zero attached hydrogens (tertiary/aromatic N) is 1. The summed E-state index contributed by atoms with van der Waals surface area (Å²) < 4.78 is 16.0. The minimum atomic E-state index is 0.0186. The Balaban J connectivity index is 2.05. The summed E-state index contributed by atoms with van der Waals surface area (Å²) in [6.07, 6.45) is 0. The minimum absolute atomic E-state index is 0.0186. The van der Waals surface area contributed by atoms with Crippen molar-refractivity contribution >= 4 is 11.6 Å². The summed E-state index contributed by atoms with van der Waals surface area (Å²) in [4.78, 5) is 14.4. The van der Waals surface area contributed by atoms with E-state index in [1.165, 1.54) is 0 Å². The number of hydrogen-bond acceptors (Lipinski definition) is 5. The molecule has 0 spiro atoms. The second-order valence-corrected chi connectivity index (χ2v) is 5.66. The van der Waals surface area contributed by atoms with Crippen molar-refractivity contribution in [1.82, 2.24) is 4.90 Å². The maximum Gasteiger partial charge on any atom is 0.242 e. The zero-order chi connectivity index (χ0) is 18.9. The van der Waals surface area contributed by atoms with Gasteiger partial charge in [0.25, 0.3) is 0 Å². The first-order valence-electron chi connectivity index (χ1n) is 8.48. The van der Waals surface area contributed by atoms with E-state index < -0.39 is 0 Å². The van der Waals surface area contributed by atoms with Crippen LogP contribution in [0, 0.1) is 0 Å². The van der Waals surface area contributed by atoms with Crippen LogP contribution in [0.15, 0.2) is 42.5 Å². The average molecular weight is 358 g/mol. The first-order chi connectivity index (χ1) is 12.6. The molecule has 0 unspecified atom stereocenters. The van der Waals surface area contributed by atoms with Crippen LogP contribution in [0.1, 0.15) is 12.5 Å². The molecule has 0 aliphatic heterocycles. The molecule has 0 saturated carbocycles. The maximum atomic E-state index is 12.6. The van der Waals surface area contributed by atoms with E-state index in [1.54, 1.807) is 38.4 Å². The minimum Gasteiger partial charge on any atom is -0.493 e. The van der Waals surface area contributed by atoms with Crippen LogP contribution in [-0.2, 0) is 11.3 Å². The number of rotatable bonds is 9. The third-order valence-electron chi connectivity index (χ3n) is 4.06. The Bertz CT molecular complexity index is 694. The number of amides is 1. The number of nitrogens with one attached hydrogen (secondary N) is 1. The molecule has 6 heteroatoms. The van der Waals surface area contributed by atoms with Crippen LogP contribution in [-0.4, -0.2) is 45.2 Å². The molecule has 2 aromatic rings. The first kappa shape index (κ1) is 19.4. The number of methoxy groups -OCH3 is 3. The highest BCUT2D eigenvalue weighted by molar-refractivity contribution is 5.81. The van der Waals surface area contributed by atoms with Crippen molar-refractivity contribution in [2.45, 2.75) is 13.5 Å². The largest absolute Gasteiger partial charge is 0.493 e. The first-order valence-corrected chi connectivity index (χ1v) is 8.48. The predicted octanol–water partition coefficient (Wildman–Crippen LogP) is 3.17. The van der Waals surface area contributed by atoms with Crippen LogP contribution in [0.4, 0.5) is 5.69 Å². The Labute approximate surface area is 154 Å². The molecule has 6 nitrogen and oxygen atoms in total. The number of carbonyl (C=O) groups excluding carboxylic acids is 1. The van der Waals surface area contributed by atoms with Gasteiger partial charge in [0.2, 0.25) is 11.7 Å². The predicted molar refractivity (Wildman–Crippen MR) is 102 cm³/mol. The lowest BCUT2D eigenvalue weighted by Gasteiger charge is -2.22. The lowest BCUT2D eigenvalue weighted by molar-refractivity contribution is -0.129. The molecule has 0 aromatic heterocycles. The molecule has 1 amide bonds. The number of ether oxygens (including phenoxy) is 3. The lowest BCUT2D eigenvalue weighted by Crippen LogP contribution is -2.34. The Morgan fingerprint density at radius 3 is 2.12 bits per heavy atom. The van der Waals surface area contributed by atoms with E-state index in [9.17, 15) is 4.79 Å². The van der Waals surface area contributed by atoms with Crippen LogP contribution >= 0.6 is 0 Å². The van der Waals surface area contributed by atoms with E-state index in [1.807, 2.05) is 37.3 Å². The zero-order valence-corrected chi connectivity index (χ0v) is 15.7. The van der Waals surface area contributed by atoms with Gasteiger partial charge < -0.3 is 24.4 Å². The molecule has 140 valence electrons. The monoisotopic (exact) mass is 358 g/mol. The van der Waals surface area contributed by atoms with Crippen molar-refractivity contribution in [1.29, 1.82) is 0 Å². The summed E-state index contributed by atoms with van der Waals surface area (Å²) in [5, 5.41) is 3.14. The second-order valence-electron chi connectivity index (χ2n) is 5.66. The maximum absolute atomic E-state index is 12.6. The van der Waals surface area contributed by atoms with Crippen molar-refractivity contribution in [3.8, 4) is 17.2 Å². The molecule has 0 saturated heterocycles. The normalized spacial score (nSPS) is 10.2. The Morgan fingerprint density at radius 1 is 1.00 bits per heavy atom. The fraction of sp³-hybridized carbons (Fsp3) is 0.350. The molecule has 1 N–H and O–H groups in total. The fourth-order valence-corrected chi connectivity index (χ4v) is 2.65. The van der Waals surface area contributed by atoms with Gasteiger partial charge in [0.05, 0.1) is 27.9 Å². The SMILES string of the molecule is CCN(Cc1ccccc1)C(=O)CNc1cc(OC)c(OC)c(OC)c1. The van der Waals surface area contributed by atoms with E-state index in [0.717, 1.165) is 11.3 Å². The smallest absolute Gasteiger partial charge is 0.242 e. The van der Waals surface area contributed by atoms with Gasteiger partial charge in [-0.05, 0) is 12.5 Å². The van der Waals surface area contributed by atoms with E-state index in [2.05, 4.69) is 5.32 Å². The van der Waals surface area contributed by atoms with Crippen LogP contribution in [0.2, 0.25) is 0 Å². The van der Waals surface area contributed by atoms with Crippen molar-refractivity contribution in [2.24, 2.45) is 0 Å². The molecule has 26 heavy (non-hydrogen) atoms. The Morgan fingerprint density at radius 2 is 1.62 bits per heavy atom. The molecule has 0 heterocycles. The van der Waals surface area contributed by atoms with E-state index in [0.29, 0.717) is 30.3 Å². The van der Waals surface area contributed by atoms with Crippen molar-refractivity contribution < 1.29 is 19.0 Å². The van der Waals surface area contributed by atoms with Gasteiger partial charge in [-0.15, -0.1) is 0 Å². The molecule has 2 rings (SSSR count). The number of benzene rings is 2. The van der Waals surface area contributed by atoms with E-state index >= 15 is 0 Å². The van der Waals surface area contributed by atoms with Gasteiger partial charge in [-0.1, -0.05) is 30.3 Å². The molecule has 2 aromatic carbocycles. The summed E-state index contributed by atoms with van der Waals surface area (Å²) in [6, 6.07) is 13.5. The number of hydrogen-bond donors (Lipinski definition) is 1. The lowest BCUT2D eigenvalue weighted by atomic mass is 10.2. The van der Waals surface area contributed by atoms with Gasteiger partial charge in [0.15, 0.2) is 11.5 Å². The van der Waals surface area contributed by atoms with Gasteiger partial charge in [0, 0.05) is 30.9 Å². The molecule has 0 bridgehead atoms. The van der Waals surface area contributed by atoms with Crippen LogP contribution in [0.3, 0.4) is 0 Å².